The highest BCUT2D eigenvalue weighted by Crippen LogP contribution is 2.35. The summed E-state index contributed by atoms with van der Waals surface area (Å²) in [4.78, 5) is 9.51. The van der Waals surface area contributed by atoms with E-state index in [1.807, 2.05) is 54.6 Å². The molecule has 0 unspecified atom stereocenters. The fraction of sp³-hybridized carbons (Fsp3) is 0.120. The smallest absolute Gasteiger partial charge is 0.212 e. The molecule has 2 aromatic heterocycles. The van der Waals surface area contributed by atoms with Gasteiger partial charge in [-0.25, -0.2) is 18.4 Å². The van der Waals surface area contributed by atoms with Gasteiger partial charge in [0.2, 0.25) is 9.84 Å². The van der Waals surface area contributed by atoms with Crippen LogP contribution in [0.15, 0.2) is 88.7 Å². The highest BCUT2D eigenvalue weighted by atomic mass is 32.2. The summed E-state index contributed by atoms with van der Waals surface area (Å²) >= 11 is 0. The molecule has 166 valence electrons. The third-order valence-corrected chi connectivity index (χ3v) is 7.48. The van der Waals surface area contributed by atoms with Gasteiger partial charge in [-0.2, -0.15) is 0 Å². The molecule has 33 heavy (non-hydrogen) atoms. The number of nitrogens with zero attached hydrogens (tertiary/aromatic N) is 3. The second-order valence-corrected chi connectivity index (χ2v) is 9.55. The molecule has 0 aliphatic rings. The van der Waals surface area contributed by atoms with Crippen LogP contribution < -0.4 is 10.5 Å². The van der Waals surface area contributed by atoms with Crippen LogP contribution in [0.4, 0.5) is 5.82 Å². The molecule has 3 aromatic carbocycles. The summed E-state index contributed by atoms with van der Waals surface area (Å²) in [5, 5.41) is 0. The van der Waals surface area contributed by atoms with Crippen LogP contribution in [0.25, 0.3) is 22.2 Å². The topological polar surface area (TPSA) is 100 Å². The molecule has 0 amide bonds. The Balaban J connectivity index is 1.71. The van der Waals surface area contributed by atoms with Gasteiger partial charge in [0.05, 0.1) is 23.0 Å². The first-order valence-corrected chi connectivity index (χ1v) is 11.9. The Kier molecular flexibility index (Phi) is 5.22. The number of methoxy groups -OCH3 is 1. The number of hydrogen-bond acceptors (Lipinski definition) is 6. The van der Waals surface area contributed by atoms with Crippen molar-refractivity contribution >= 4 is 37.9 Å². The summed E-state index contributed by atoms with van der Waals surface area (Å²) < 4.78 is 34.3. The summed E-state index contributed by atoms with van der Waals surface area (Å²) in [7, 11) is -2.43. The average Bonchev–Trinajstić information content (AvgIpc) is 3.12. The zero-order chi connectivity index (χ0) is 23.0. The predicted molar refractivity (Wildman–Crippen MR) is 128 cm³/mol. The van der Waals surface area contributed by atoms with E-state index in [-0.39, 0.29) is 21.1 Å². The summed E-state index contributed by atoms with van der Waals surface area (Å²) in [5.41, 5.74) is 9.63. The number of ether oxygens (including phenoxy) is 1. The zero-order valence-electron chi connectivity index (χ0n) is 18.0. The number of para-hydroxylation sites is 2. The molecule has 0 atom stereocenters. The maximum absolute atomic E-state index is 13.7. The Labute approximate surface area is 191 Å². The number of hydrogen-bond donors (Lipinski definition) is 1. The summed E-state index contributed by atoms with van der Waals surface area (Å²) in [6.45, 7) is 0.470. The monoisotopic (exact) mass is 458 g/mol. The second-order valence-electron chi connectivity index (χ2n) is 7.67. The molecule has 0 aliphatic heterocycles. The maximum atomic E-state index is 13.7. The molecule has 8 heteroatoms. The number of rotatable bonds is 6. The molecule has 0 fully saturated rings. The Bertz CT molecular complexity index is 1560. The summed E-state index contributed by atoms with van der Waals surface area (Å²) in [5.74, 6) is 0.699. The van der Waals surface area contributed by atoms with Crippen molar-refractivity contribution in [2.24, 2.45) is 0 Å². The number of nitrogen functional groups attached to an aromatic ring is 1. The molecule has 0 saturated heterocycles. The number of nitrogens with two attached hydrogens (primary N) is 1. The molecule has 7 nitrogen and oxygen atoms in total. The molecule has 0 spiro atoms. The van der Waals surface area contributed by atoms with E-state index in [2.05, 4.69) is 4.98 Å². The number of aromatic nitrogens is 3. The van der Waals surface area contributed by atoms with Crippen molar-refractivity contribution < 1.29 is 13.2 Å². The minimum Gasteiger partial charge on any atom is -0.497 e. The fourth-order valence-corrected chi connectivity index (χ4v) is 5.45. The molecule has 5 rings (SSSR count). The van der Waals surface area contributed by atoms with Gasteiger partial charge in [-0.15, -0.1) is 0 Å². The van der Waals surface area contributed by atoms with E-state index in [0.29, 0.717) is 35.4 Å². The minimum absolute atomic E-state index is 0.0195. The number of aryl methyl sites for hydroxylation is 2. The van der Waals surface area contributed by atoms with Crippen molar-refractivity contribution in [2.45, 2.75) is 22.8 Å². The van der Waals surface area contributed by atoms with Crippen molar-refractivity contribution in [2.75, 3.05) is 12.8 Å². The van der Waals surface area contributed by atoms with Crippen molar-refractivity contribution in [1.82, 2.24) is 14.5 Å². The van der Waals surface area contributed by atoms with Crippen LogP contribution in [0.5, 0.6) is 5.75 Å². The van der Waals surface area contributed by atoms with E-state index < -0.39 is 9.84 Å². The van der Waals surface area contributed by atoms with Crippen LogP contribution in [-0.4, -0.2) is 30.1 Å². The van der Waals surface area contributed by atoms with Crippen LogP contribution in [-0.2, 0) is 22.8 Å². The lowest BCUT2D eigenvalue weighted by molar-refractivity contribution is 0.414. The van der Waals surface area contributed by atoms with Crippen LogP contribution in [0.2, 0.25) is 0 Å². The summed E-state index contributed by atoms with van der Waals surface area (Å²) in [6, 6.07) is 23.6. The molecule has 0 bridgehead atoms. The van der Waals surface area contributed by atoms with Gasteiger partial charge in [-0.3, -0.25) is 0 Å². The van der Waals surface area contributed by atoms with E-state index in [0.717, 1.165) is 5.56 Å². The van der Waals surface area contributed by atoms with Crippen molar-refractivity contribution in [3.8, 4) is 5.75 Å². The molecule has 5 aromatic rings. The van der Waals surface area contributed by atoms with Crippen LogP contribution >= 0.6 is 0 Å². The van der Waals surface area contributed by atoms with Gasteiger partial charge in [0, 0.05) is 6.54 Å². The van der Waals surface area contributed by atoms with Gasteiger partial charge in [-0.1, -0.05) is 42.5 Å². The number of fused-ring (bicyclic) bond motifs is 2. The van der Waals surface area contributed by atoms with Gasteiger partial charge >= 0.3 is 0 Å². The zero-order valence-corrected chi connectivity index (χ0v) is 18.8. The van der Waals surface area contributed by atoms with Gasteiger partial charge < -0.3 is 15.0 Å². The molecule has 2 N–H and O–H groups in total. The van der Waals surface area contributed by atoms with E-state index in [9.17, 15) is 8.42 Å². The number of benzene rings is 3. The van der Waals surface area contributed by atoms with Crippen molar-refractivity contribution in [3.63, 3.8) is 0 Å². The number of anilines is 1. The maximum Gasteiger partial charge on any atom is 0.212 e. The summed E-state index contributed by atoms with van der Waals surface area (Å²) in [6.07, 6.45) is 0.672. The Morgan fingerprint density at radius 2 is 1.52 bits per heavy atom. The lowest BCUT2D eigenvalue weighted by atomic mass is 10.1. The largest absolute Gasteiger partial charge is 0.497 e. The van der Waals surface area contributed by atoms with E-state index in [1.165, 1.54) is 19.2 Å². The molecule has 0 aliphatic carbocycles. The van der Waals surface area contributed by atoms with Crippen LogP contribution in [0.1, 0.15) is 5.56 Å². The Morgan fingerprint density at radius 3 is 2.18 bits per heavy atom. The Morgan fingerprint density at radius 1 is 0.879 bits per heavy atom. The third-order valence-electron chi connectivity index (χ3n) is 5.65. The average molecular weight is 459 g/mol. The quantitative estimate of drug-likeness (QED) is 0.408. The van der Waals surface area contributed by atoms with E-state index in [4.69, 9.17) is 15.5 Å². The third kappa shape index (κ3) is 3.68. The highest BCUT2D eigenvalue weighted by Gasteiger charge is 2.30. The lowest BCUT2D eigenvalue weighted by Crippen LogP contribution is -2.09. The van der Waals surface area contributed by atoms with Gasteiger partial charge in [-0.05, 0) is 48.4 Å². The highest BCUT2D eigenvalue weighted by molar-refractivity contribution is 7.92. The standard InChI is InChI=1S/C25H22N4O3S/c1-32-18-11-13-19(14-12-18)33(30,31)23-22-25(28-21-10-6-5-9-20(21)27-22)29(24(23)26)16-15-17-7-3-2-4-8-17/h2-14H,15-16,26H2,1H3. The first kappa shape index (κ1) is 21.0. The molecule has 0 saturated carbocycles. The lowest BCUT2D eigenvalue weighted by Gasteiger charge is -2.09. The molecule has 0 radical (unpaired) electrons. The molecule has 2 heterocycles. The SMILES string of the molecule is COc1ccc(S(=O)(=O)c2c(N)n(CCc3ccccc3)c3nc4ccccc4nc23)cc1. The minimum atomic E-state index is -3.96. The van der Waals surface area contributed by atoms with E-state index >= 15 is 0 Å². The van der Waals surface area contributed by atoms with Gasteiger partial charge in [0.1, 0.15) is 22.0 Å². The van der Waals surface area contributed by atoms with Crippen LogP contribution in [0.3, 0.4) is 0 Å². The van der Waals surface area contributed by atoms with Crippen molar-refractivity contribution in [3.05, 3.63) is 84.4 Å². The number of sulfone groups is 1. The van der Waals surface area contributed by atoms with Crippen molar-refractivity contribution in [1.29, 1.82) is 0 Å². The first-order valence-electron chi connectivity index (χ1n) is 10.5. The normalized spacial score (nSPS) is 11.8. The Hall–Kier alpha value is -3.91. The van der Waals surface area contributed by atoms with Gasteiger partial charge in [0.15, 0.2) is 5.65 Å². The first-order chi connectivity index (χ1) is 16.0. The molecular formula is C25H22N4O3S. The predicted octanol–water partition coefficient (Wildman–Crippen LogP) is 4.25. The molecular weight excluding hydrogens is 436 g/mol. The van der Waals surface area contributed by atoms with E-state index in [1.54, 1.807) is 16.7 Å². The second kappa shape index (κ2) is 8.22. The van der Waals surface area contributed by atoms with Gasteiger partial charge in [0.25, 0.3) is 0 Å². The van der Waals surface area contributed by atoms with Crippen LogP contribution in [0, 0.1) is 0 Å². The fourth-order valence-electron chi connectivity index (χ4n) is 3.94.